The number of amides is 2. The number of hydrogen-bond donors (Lipinski definition) is 0. The van der Waals surface area contributed by atoms with Crippen molar-refractivity contribution < 1.29 is 14.3 Å². The topological polar surface area (TPSA) is 49.9 Å². The molecule has 4 rings (SSSR count). The van der Waals surface area contributed by atoms with Crippen molar-refractivity contribution in [3.63, 3.8) is 0 Å². The molecule has 1 aromatic rings. The molecule has 2 amide bonds. The van der Waals surface area contributed by atoms with Crippen LogP contribution in [0, 0.1) is 19.3 Å². The zero-order chi connectivity index (χ0) is 20.1. The molecule has 1 aromatic carbocycles. The van der Waals surface area contributed by atoms with Gasteiger partial charge >= 0.3 is 0 Å². The number of carbonyl (C=O) groups excluding carboxylic acids is 2. The van der Waals surface area contributed by atoms with E-state index in [1.54, 1.807) is 6.92 Å². The molecule has 2 bridgehead atoms. The van der Waals surface area contributed by atoms with E-state index in [0.29, 0.717) is 6.54 Å². The van der Waals surface area contributed by atoms with Crippen molar-refractivity contribution in [2.45, 2.75) is 77.9 Å². The van der Waals surface area contributed by atoms with Crippen LogP contribution in [0.5, 0.6) is 5.75 Å². The predicted octanol–water partition coefficient (Wildman–Crippen LogP) is 3.46. The average molecular weight is 385 g/mol. The van der Waals surface area contributed by atoms with Gasteiger partial charge < -0.3 is 14.5 Å². The third kappa shape index (κ3) is 2.99. The first-order valence-corrected chi connectivity index (χ1v) is 10.6. The number of piperidine rings is 1. The lowest BCUT2D eigenvalue weighted by Crippen LogP contribution is -2.55. The van der Waals surface area contributed by atoms with E-state index in [1.165, 1.54) is 0 Å². The summed E-state index contributed by atoms with van der Waals surface area (Å²) in [4.78, 5) is 29.8. The van der Waals surface area contributed by atoms with Gasteiger partial charge in [0.25, 0.3) is 5.91 Å². The molecule has 152 valence electrons. The first-order valence-electron chi connectivity index (χ1n) is 10.6. The van der Waals surface area contributed by atoms with E-state index in [0.717, 1.165) is 49.0 Å². The second-order valence-electron chi connectivity index (χ2n) is 9.16. The van der Waals surface area contributed by atoms with E-state index >= 15 is 0 Å². The maximum Gasteiger partial charge on any atom is 0.261 e. The summed E-state index contributed by atoms with van der Waals surface area (Å²) in [6, 6.07) is 6.61. The van der Waals surface area contributed by atoms with E-state index in [9.17, 15) is 9.59 Å². The highest BCUT2D eigenvalue weighted by Gasteiger charge is 2.60. The van der Waals surface area contributed by atoms with Crippen LogP contribution in [-0.4, -0.2) is 52.9 Å². The van der Waals surface area contributed by atoms with Gasteiger partial charge in [0, 0.05) is 31.0 Å². The number of fused-ring (bicyclic) bond motifs is 1. The van der Waals surface area contributed by atoms with Crippen LogP contribution >= 0.6 is 0 Å². The number of hydrogen-bond acceptors (Lipinski definition) is 3. The van der Waals surface area contributed by atoms with Crippen LogP contribution in [0.2, 0.25) is 0 Å². The summed E-state index contributed by atoms with van der Waals surface area (Å²) in [5.74, 6) is 1.02. The van der Waals surface area contributed by atoms with Crippen molar-refractivity contribution in [3.8, 4) is 5.75 Å². The average Bonchev–Trinajstić information content (AvgIpc) is 2.75. The molecule has 3 fully saturated rings. The van der Waals surface area contributed by atoms with Gasteiger partial charge in [0.1, 0.15) is 5.75 Å². The summed E-state index contributed by atoms with van der Waals surface area (Å²) in [5.41, 5.74) is 2.11. The second kappa shape index (κ2) is 7.09. The molecule has 0 N–H and O–H groups in total. The van der Waals surface area contributed by atoms with Gasteiger partial charge in [-0.3, -0.25) is 9.59 Å². The number of carbonyl (C=O) groups is 2. The number of nitrogens with zero attached hydrogens (tertiary/aromatic N) is 2. The SMILES string of the molecule is CC(=O)N1C[C@@H]2C[C@@]3(C)[C@H](CCCC[C@@H]13)N2C(=O)COc1c(C)cccc1C. The summed E-state index contributed by atoms with van der Waals surface area (Å²) in [6.45, 7) is 8.73. The molecular weight excluding hydrogens is 352 g/mol. The predicted molar refractivity (Wildman–Crippen MR) is 108 cm³/mol. The number of para-hydroxylation sites is 1. The van der Waals surface area contributed by atoms with Crippen LogP contribution in [0.3, 0.4) is 0 Å². The number of rotatable bonds is 3. The van der Waals surface area contributed by atoms with Crippen molar-refractivity contribution >= 4 is 11.8 Å². The van der Waals surface area contributed by atoms with Crippen LogP contribution in [-0.2, 0) is 9.59 Å². The van der Waals surface area contributed by atoms with Crippen molar-refractivity contribution in [2.24, 2.45) is 5.41 Å². The normalized spacial score (nSPS) is 31.5. The van der Waals surface area contributed by atoms with Crippen molar-refractivity contribution in [1.29, 1.82) is 0 Å². The van der Waals surface area contributed by atoms with E-state index in [-0.39, 0.29) is 42.0 Å². The minimum Gasteiger partial charge on any atom is -0.483 e. The first kappa shape index (κ1) is 19.3. The third-order valence-corrected chi connectivity index (χ3v) is 7.36. The Morgan fingerprint density at radius 2 is 1.79 bits per heavy atom. The molecule has 4 atom stereocenters. The Labute approximate surface area is 168 Å². The highest BCUT2D eigenvalue weighted by atomic mass is 16.5. The summed E-state index contributed by atoms with van der Waals surface area (Å²) >= 11 is 0. The Balaban J connectivity index is 1.57. The maximum atomic E-state index is 13.3. The van der Waals surface area contributed by atoms with E-state index in [2.05, 4.69) is 11.8 Å². The van der Waals surface area contributed by atoms with E-state index in [1.807, 2.05) is 36.9 Å². The van der Waals surface area contributed by atoms with Crippen LogP contribution in [0.25, 0.3) is 0 Å². The quantitative estimate of drug-likeness (QED) is 0.802. The fourth-order valence-corrected chi connectivity index (χ4v) is 6.13. The molecule has 5 heteroatoms. The highest BCUT2D eigenvalue weighted by molar-refractivity contribution is 5.80. The van der Waals surface area contributed by atoms with Gasteiger partial charge in [-0.15, -0.1) is 0 Å². The maximum absolute atomic E-state index is 13.3. The van der Waals surface area contributed by atoms with E-state index in [4.69, 9.17) is 4.74 Å². The van der Waals surface area contributed by atoms with Gasteiger partial charge in [0.2, 0.25) is 5.91 Å². The minimum atomic E-state index is -0.000668. The molecule has 2 aliphatic heterocycles. The minimum absolute atomic E-state index is 0.000668. The summed E-state index contributed by atoms with van der Waals surface area (Å²) in [6.07, 6.45) is 5.34. The number of aryl methyl sites for hydroxylation is 2. The van der Waals surface area contributed by atoms with Gasteiger partial charge in [-0.05, 0) is 44.2 Å². The molecule has 0 radical (unpaired) electrons. The molecule has 0 unspecified atom stereocenters. The van der Waals surface area contributed by atoms with E-state index < -0.39 is 0 Å². The highest BCUT2D eigenvalue weighted by Crippen LogP contribution is 2.53. The molecule has 2 heterocycles. The molecular formula is C23H32N2O3. The molecule has 1 aliphatic carbocycles. The Morgan fingerprint density at radius 1 is 1.14 bits per heavy atom. The van der Waals surface area contributed by atoms with Crippen LogP contribution in [0.4, 0.5) is 0 Å². The van der Waals surface area contributed by atoms with Gasteiger partial charge in [-0.2, -0.15) is 0 Å². The van der Waals surface area contributed by atoms with Gasteiger partial charge in [0.05, 0.1) is 6.04 Å². The lowest BCUT2D eigenvalue weighted by atomic mass is 9.71. The zero-order valence-electron chi connectivity index (χ0n) is 17.5. The Kier molecular flexibility index (Phi) is 4.88. The zero-order valence-corrected chi connectivity index (χ0v) is 17.5. The summed E-state index contributed by atoms with van der Waals surface area (Å²) in [7, 11) is 0. The molecule has 1 saturated carbocycles. The smallest absolute Gasteiger partial charge is 0.261 e. The van der Waals surface area contributed by atoms with Gasteiger partial charge in [-0.25, -0.2) is 0 Å². The molecule has 28 heavy (non-hydrogen) atoms. The lowest BCUT2D eigenvalue weighted by Gasteiger charge is -2.46. The first-order chi connectivity index (χ1) is 13.3. The fourth-order valence-electron chi connectivity index (χ4n) is 6.13. The Hall–Kier alpha value is -2.04. The molecule has 3 aliphatic rings. The fraction of sp³-hybridized carbons (Fsp3) is 0.652. The molecule has 5 nitrogen and oxygen atoms in total. The monoisotopic (exact) mass is 384 g/mol. The van der Waals surface area contributed by atoms with Crippen molar-refractivity contribution in [1.82, 2.24) is 9.80 Å². The summed E-state index contributed by atoms with van der Waals surface area (Å²) < 4.78 is 5.99. The number of ether oxygens (including phenoxy) is 1. The summed E-state index contributed by atoms with van der Waals surface area (Å²) in [5, 5.41) is 0. The Bertz CT molecular complexity index is 772. The third-order valence-electron chi connectivity index (χ3n) is 7.36. The number of likely N-dealkylation sites (tertiary alicyclic amines) is 2. The Morgan fingerprint density at radius 3 is 2.43 bits per heavy atom. The lowest BCUT2D eigenvalue weighted by molar-refractivity contribution is -0.139. The largest absolute Gasteiger partial charge is 0.483 e. The van der Waals surface area contributed by atoms with Crippen molar-refractivity contribution in [2.75, 3.05) is 13.2 Å². The van der Waals surface area contributed by atoms with Crippen LogP contribution in [0.1, 0.15) is 57.1 Å². The standard InChI is InChI=1S/C23H32N2O3/c1-15-8-7-9-16(2)22(15)28-14-21(27)25-18-12-23(4)19(24(13-18)17(3)26)10-5-6-11-20(23)25/h7-9,18-20H,5-6,10-14H2,1-4H3/t18-,19+,20-,23+/m0/s1. The van der Waals surface area contributed by atoms with Crippen molar-refractivity contribution in [3.05, 3.63) is 29.3 Å². The second-order valence-corrected chi connectivity index (χ2v) is 9.16. The van der Waals surface area contributed by atoms with Crippen LogP contribution < -0.4 is 4.74 Å². The molecule has 2 saturated heterocycles. The molecule has 0 aromatic heterocycles. The van der Waals surface area contributed by atoms with Gasteiger partial charge in [-0.1, -0.05) is 38.0 Å². The number of benzene rings is 1. The molecule has 0 spiro atoms. The van der Waals surface area contributed by atoms with Crippen LogP contribution in [0.15, 0.2) is 18.2 Å². The van der Waals surface area contributed by atoms with Gasteiger partial charge in [0.15, 0.2) is 6.61 Å².